The molecule has 0 aliphatic carbocycles. The fraction of sp³-hybridized carbons (Fsp3) is 0.778. The average molecular weight is 201 g/mol. The lowest BCUT2D eigenvalue weighted by Crippen LogP contribution is -2.37. The van der Waals surface area contributed by atoms with E-state index < -0.39 is 0 Å². The highest BCUT2D eigenvalue weighted by molar-refractivity contribution is 5.86. The van der Waals surface area contributed by atoms with Crippen LogP contribution < -0.4 is 0 Å². The van der Waals surface area contributed by atoms with Crippen LogP contribution in [0.25, 0.3) is 0 Å². The predicted molar refractivity (Wildman–Crippen MR) is 48.4 cm³/mol. The molecule has 80 valence electrons. The van der Waals surface area contributed by atoms with E-state index in [9.17, 15) is 9.59 Å². The van der Waals surface area contributed by atoms with E-state index in [0.717, 1.165) is 0 Å². The Morgan fingerprint density at radius 1 is 1.79 bits per heavy atom. The van der Waals surface area contributed by atoms with E-state index in [-0.39, 0.29) is 36.9 Å². The van der Waals surface area contributed by atoms with Gasteiger partial charge in [-0.2, -0.15) is 0 Å². The summed E-state index contributed by atoms with van der Waals surface area (Å²) >= 11 is 0. The zero-order valence-corrected chi connectivity index (χ0v) is 8.40. The Balaban J connectivity index is 2.60. The van der Waals surface area contributed by atoms with E-state index in [1.807, 2.05) is 0 Å². The zero-order chi connectivity index (χ0) is 10.7. The van der Waals surface area contributed by atoms with Gasteiger partial charge in [0.25, 0.3) is 0 Å². The molecule has 1 rings (SSSR count). The smallest absolute Gasteiger partial charge is 0.310 e. The number of rotatable bonds is 3. The molecule has 1 fully saturated rings. The molecule has 1 aliphatic rings. The van der Waals surface area contributed by atoms with Crippen molar-refractivity contribution in [2.24, 2.45) is 5.92 Å². The van der Waals surface area contributed by atoms with Gasteiger partial charge in [0, 0.05) is 13.0 Å². The summed E-state index contributed by atoms with van der Waals surface area (Å²) in [6.45, 7) is 2.02. The van der Waals surface area contributed by atoms with Crippen molar-refractivity contribution >= 4 is 11.9 Å². The third-order valence-electron chi connectivity index (χ3n) is 2.49. The van der Waals surface area contributed by atoms with E-state index in [1.165, 1.54) is 12.0 Å². The Bertz CT molecular complexity index is 241. The molecular formula is C9H15NO4. The van der Waals surface area contributed by atoms with Crippen LogP contribution in [0.15, 0.2) is 0 Å². The van der Waals surface area contributed by atoms with Gasteiger partial charge in [0.1, 0.15) is 0 Å². The van der Waals surface area contributed by atoms with Gasteiger partial charge in [-0.25, -0.2) is 0 Å². The molecule has 0 saturated carbocycles. The van der Waals surface area contributed by atoms with Gasteiger partial charge in [-0.15, -0.1) is 0 Å². The molecule has 1 amide bonds. The molecular weight excluding hydrogens is 186 g/mol. The summed E-state index contributed by atoms with van der Waals surface area (Å²) in [5, 5.41) is 8.88. The van der Waals surface area contributed by atoms with Crippen LogP contribution in [0.2, 0.25) is 0 Å². The molecule has 0 aromatic carbocycles. The van der Waals surface area contributed by atoms with Crippen LogP contribution in [-0.2, 0) is 14.3 Å². The largest absolute Gasteiger partial charge is 0.469 e. The lowest BCUT2D eigenvalue weighted by atomic mass is 10.1. The van der Waals surface area contributed by atoms with Crippen LogP contribution in [0.5, 0.6) is 0 Å². The minimum absolute atomic E-state index is 0.0837. The number of hydrogen-bond donors (Lipinski definition) is 1. The van der Waals surface area contributed by atoms with Gasteiger partial charge in [0.15, 0.2) is 0 Å². The summed E-state index contributed by atoms with van der Waals surface area (Å²) < 4.78 is 4.56. The van der Waals surface area contributed by atoms with Crippen molar-refractivity contribution in [3.63, 3.8) is 0 Å². The standard InChI is InChI=1S/C9H15NO4/c1-6(5-11)10-4-7(3-8(10)12)9(13)14-2/h6-7,11H,3-5H2,1-2H3/t6-,7?/m0/s1. The molecule has 1 heterocycles. The number of aliphatic hydroxyl groups is 1. The second-order valence-electron chi connectivity index (χ2n) is 3.50. The predicted octanol–water partition coefficient (Wildman–Crippen LogP) is -0.611. The second-order valence-corrected chi connectivity index (χ2v) is 3.50. The molecule has 0 bridgehead atoms. The minimum Gasteiger partial charge on any atom is -0.469 e. The molecule has 0 spiro atoms. The van der Waals surface area contributed by atoms with Crippen molar-refractivity contribution in [3.05, 3.63) is 0 Å². The van der Waals surface area contributed by atoms with Crippen molar-refractivity contribution in [1.29, 1.82) is 0 Å². The number of likely N-dealkylation sites (tertiary alicyclic amines) is 1. The molecule has 1 unspecified atom stereocenters. The van der Waals surface area contributed by atoms with Gasteiger partial charge in [0.05, 0.1) is 25.7 Å². The summed E-state index contributed by atoms with van der Waals surface area (Å²) in [6, 6.07) is -0.225. The van der Waals surface area contributed by atoms with Gasteiger partial charge in [-0.05, 0) is 6.92 Å². The Kier molecular flexibility index (Phi) is 3.46. The van der Waals surface area contributed by atoms with Crippen LogP contribution in [0.4, 0.5) is 0 Å². The van der Waals surface area contributed by atoms with Gasteiger partial charge in [-0.1, -0.05) is 0 Å². The SMILES string of the molecule is COC(=O)C1CC(=O)N([C@@H](C)CO)C1. The van der Waals surface area contributed by atoms with Crippen LogP contribution in [0.1, 0.15) is 13.3 Å². The summed E-state index contributed by atoms with van der Waals surface area (Å²) in [7, 11) is 1.31. The Morgan fingerprint density at radius 3 is 2.93 bits per heavy atom. The number of amides is 1. The summed E-state index contributed by atoms with van der Waals surface area (Å²) in [4.78, 5) is 24.1. The van der Waals surface area contributed by atoms with Crippen molar-refractivity contribution < 1.29 is 19.4 Å². The number of carbonyl (C=O) groups is 2. The maximum Gasteiger partial charge on any atom is 0.310 e. The number of hydrogen-bond acceptors (Lipinski definition) is 4. The van der Waals surface area contributed by atoms with E-state index in [0.29, 0.717) is 6.54 Å². The second kappa shape index (κ2) is 4.41. The quantitative estimate of drug-likeness (QED) is 0.618. The molecule has 5 heteroatoms. The van der Waals surface area contributed by atoms with E-state index in [1.54, 1.807) is 6.92 Å². The Morgan fingerprint density at radius 2 is 2.43 bits per heavy atom. The lowest BCUT2D eigenvalue weighted by Gasteiger charge is -2.22. The highest BCUT2D eigenvalue weighted by Gasteiger charge is 2.36. The van der Waals surface area contributed by atoms with E-state index in [2.05, 4.69) is 4.74 Å². The molecule has 0 radical (unpaired) electrons. The Hall–Kier alpha value is -1.10. The number of ether oxygens (including phenoxy) is 1. The lowest BCUT2D eigenvalue weighted by molar-refractivity contribution is -0.145. The van der Waals surface area contributed by atoms with Gasteiger partial charge >= 0.3 is 5.97 Å². The maximum atomic E-state index is 11.4. The third-order valence-corrected chi connectivity index (χ3v) is 2.49. The first kappa shape index (κ1) is 11.0. The highest BCUT2D eigenvalue weighted by Crippen LogP contribution is 2.20. The minimum atomic E-state index is -0.374. The number of nitrogens with zero attached hydrogens (tertiary/aromatic N) is 1. The topological polar surface area (TPSA) is 66.8 Å². The highest BCUT2D eigenvalue weighted by atomic mass is 16.5. The van der Waals surface area contributed by atoms with Crippen molar-refractivity contribution in [2.75, 3.05) is 20.3 Å². The average Bonchev–Trinajstić information content (AvgIpc) is 2.58. The first-order valence-corrected chi connectivity index (χ1v) is 4.58. The fourth-order valence-electron chi connectivity index (χ4n) is 1.58. The number of aliphatic hydroxyl groups excluding tert-OH is 1. The van der Waals surface area contributed by atoms with Gasteiger partial charge in [0.2, 0.25) is 5.91 Å². The molecule has 1 aliphatic heterocycles. The number of methoxy groups -OCH3 is 1. The van der Waals surface area contributed by atoms with Crippen molar-refractivity contribution in [1.82, 2.24) is 4.90 Å². The first-order valence-electron chi connectivity index (χ1n) is 4.58. The van der Waals surface area contributed by atoms with Crippen molar-refractivity contribution in [2.45, 2.75) is 19.4 Å². The number of esters is 1. The van der Waals surface area contributed by atoms with Crippen molar-refractivity contribution in [3.8, 4) is 0 Å². The fourth-order valence-corrected chi connectivity index (χ4v) is 1.58. The van der Waals surface area contributed by atoms with E-state index >= 15 is 0 Å². The van der Waals surface area contributed by atoms with Crippen LogP contribution >= 0.6 is 0 Å². The first-order chi connectivity index (χ1) is 6.60. The normalized spacial score (nSPS) is 23.8. The van der Waals surface area contributed by atoms with Crippen LogP contribution in [-0.4, -0.2) is 48.2 Å². The Labute approximate surface area is 82.6 Å². The molecule has 2 atom stereocenters. The summed E-state index contributed by atoms with van der Waals surface area (Å²) in [6.07, 6.45) is 0.191. The van der Waals surface area contributed by atoms with Gasteiger partial charge in [-0.3, -0.25) is 9.59 Å². The molecule has 0 aromatic rings. The molecule has 0 aromatic heterocycles. The molecule has 1 saturated heterocycles. The summed E-state index contributed by atoms with van der Waals surface area (Å²) in [5.74, 6) is -0.825. The van der Waals surface area contributed by atoms with Crippen LogP contribution in [0.3, 0.4) is 0 Å². The third kappa shape index (κ3) is 2.04. The molecule has 14 heavy (non-hydrogen) atoms. The van der Waals surface area contributed by atoms with Gasteiger partial charge < -0.3 is 14.7 Å². The zero-order valence-electron chi connectivity index (χ0n) is 8.40. The maximum absolute atomic E-state index is 11.4. The molecule has 5 nitrogen and oxygen atoms in total. The van der Waals surface area contributed by atoms with Crippen LogP contribution in [0, 0.1) is 5.92 Å². The monoisotopic (exact) mass is 201 g/mol. The number of carbonyl (C=O) groups excluding carboxylic acids is 2. The van der Waals surface area contributed by atoms with E-state index in [4.69, 9.17) is 5.11 Å². The molecule has 1 N–H and O–H groups in total. The summed E-state index contributed by atoms with van der Waals surface area (Å²) in [5.41, 5.74) is 0.